The molecule has 0 saturated carbocycles. The second kappa shape index (κ2) is 7.68. The minimum absolute atomic E-state index is 0.314. The first-order valence-electron chi connectivity index (χ1n) is 8.28. The van der Waals surface area contributed by atoms with E-state index in [0.717, 1.165) is 44.1 Å². The molecule has 0 spiro atoms. The molecule has 0 aliphatic carbocycles. The van der Waals surface area contributed by atoms with Crippen LogP contribution < -0.4 is 0 Å². The normalized spacial score (nSPS) is 20.3. The maximum Gasteiger partial charge on any atom is 0.0794 e. The molecule has 0 unspecified atom stereocenters. The maximum atomic E-state index is 10.3. The Balaban J connectivity index is 1.59. The van der Waals surface area contributed by atoms with Gasteiger partial charge in [0, 0.05) is 45.0 Å². The summed E-state index contributed by atoms with van der Waals surface area (Å²) in [5.74, 6) is 0. The van der Waals surface area contributed by atoms with Gasteiger partial charge in [0.1, 0.15) is 0 Å². The zero-order chi connectivity index (χ0) is 16.1. The Kier molecular flexibility index (Phi) is 5.39. The van der Waals surface area contributed by atoms with Crippen LogP contribution in [0.1, 0.15) is 17.0 Å². The highest BCUT2D eigenvalue weighted by Crippen LogP contribution is 2.11. The number of aromatic nitrogens is 1. The van der Waals surface area contributed by atoms with E-state index in [0.29, 0.717) is 6.54 Å². The fourth-order valence-electron chi connectivity index (χ4n) is 3.16. The summed E-state index contributed by atoms with van der Waals surface area (Å²) in [6, 6.07) is 16.6. The Bertz CT molecular complexity index is 617. The third-order valence-corrected chi connectivity index (χ3v) is 4.25. The summed E-state index contributed by atoms with van der Waals surface area (Å²) in [6.45, 7) is 7.08. The lowest BCUT2D eigenvalue weighted by Gasteiger charge is -2.21. The predicted molar refractivity (Wildman–Crippen MR) is 92.0 cm³/mol. The molecule has 1 atom stereocenters. The van der Waals surface area contributed by atoms with E-state index in [1.165, 1.54) is 5.56 Å². The van der Waals surface area contributed by atoms with E-state index < -0.39 is 0 Å². The number of β-amino-alcohol motifs (C(OH)–C–C–N with tert-alkyl or cyclic N) is 1. The van der Waals surface area contributed by atoms with Crippen LogP contribution in [-0.4, -0.2) is 52.2 Å². The first-order valence-corrected chi connectivity index (χ1v) is 8.28. The molecule has 1 aliphatic heterocycles. The highest BCUT2D eigenvalue weighted by atomic mass is 16.3. The average Bonchev–Trinajstić information content (AvgIpc) is 2.69. The number of rotatable bonds is 4. The third kappa shape index (κ3) is 4.86. The predicted octanol–water partition coefficient (Wildman–Crippen LogP) is 2.07. The van der Waals surface area contributed by atoms with Gasteiger partial charge in [-0.05, 0) is 24.6 Å². The summed E-state index contributed by atoms with van der Waals surface area (Å²) >= 11 is 0. The molecular weight excluding hydrogens is 286 g/mol. The van der Waals surface area contributed by atoms with Crippen LogP contribution in [0, 0.1) is 6.92 Å². The van der Waals surface area contributed by atoms with E-state index in [1.807, 2.05) is 25.1 Å². The van der Waals surface area contributed by atoms with Crippen molar-refractivity contribution >= 4 is 0 Å². The Morgan fingerprint density at radius 2 is 1.65 bits per heavy atom. The monoisotopic (exact) mass is 311 g/mol. The molecule has 2 aromatic rings. The van der Waals surface area contributed by atoms with E-state index in [9.17, 15) is 5.11 Å². The van der Waals surface area contributed by atoms with Gasteiger partial charge < -0.3 is 5.11 Å². The Morgan fingerprint density at radius 3 is 2.35 bits per heavy atom. The zero-order valence-corrected chi connectivity index (χ0v) is 13.7. The second-order valence-corrected chi connectivity index (χ2v) is 6.38. The molecule has 1 saturated heterocycles. The van der Waals surface area contributed by atoms with Gasteiger partial charge in [-0.3, -0.25) is 14.8 Å². The molecule has 3 rings (SSSR count). The molecule has 1 aliphatic rings. The number of aryl methyl sites for hydroxylation is 1. The molecule has 0 radical (unpaired) electrons. The summed E-state index contributed by atoms with van der Waals surface area (Å²) in [6.07, 6.45) is -0.314. The van der Waals surface area contributed by atoms with E-state index in [1.54, 1.807) is 0 Å². The first-order chi connectivity index (χ1) is 11.2. The molecule has 23 heavy (non-hydrogen) atoms. The van der Waals surface area contributed by atoms with Gasteiger partial charge in [0.2, 0.25) is 0 Å². The standard InChI is InChI=1S/C19H25N3O/c1-16-6-5-9-18(20-16)13-22-11-10-21(14-19(23)15-22)12-17-7-3-2-4-8-17/h2-9,19,23H,10-15H2,1H3/t19-/m1/s1. The molecule has 0 bridgehead atoms. The quantitative estimate of drug-likeness (QED) is 0.938. The SMILES string of the molecule is Cc1cccc(CN2CCN(Cc3ccccc3)C[C@@H](O)C2)n1. The number of hydrogen-bond donors (Lipinski definition) is 1. The third-order valence-electron chi connectivity index (χ3n) is 4.25. The minimum Gasteiger partial charge on any atom is -0.390 e. The van der Waals surface area contributed by atoms with E-state index in [-0.39, 0.29) is 6.10 Å². The molecule has 122 valence electrons. The number of aliphatic hydroxyl groups excluding tert-OH is 1. The van der Waals surface area contributed by atoms with Gasteiger partial charge in [-0.25, -0.2) is 0 Å². The lowest BCUT2D eigenvalue weighted by molar-refractivity contribution is 0.105. The number of benzene rings is 1. The molecular formula is C19H25N3O. The largest absolute Gasteiger partial charge is 0.390 e. The lowest BCUT2D eigenvalue weighted by Crippen LogP contribution is -2.33. The summed E-state index contributed by atoms with van der Waals surface area (Å²) in [4.78, 5) is 9.21. The van der Waals surface area contributed by atoms with Crippen molar-refractivity contribution in [1.29, 1.82) is 0 Å². The van der Waals surface area contributed by atoms with Crippen LogP contribution >= 0.6 is 0 Å². The Labute approximate surface area is 138 Å². The van der Waals surface area contributed by atoms with E-state index in [4.69, 9.17) is 0 Å². The number of pyridine rings is 1. The molecule has 4 heteroatoms. The van der Waals surface area contributed by atoms with E-state index in [2.05, 4.69) is 45.1 Å². The summed E-state index contributed by atoms with van der Waals surface area (Å²) in [7, 11) is 0. The number of hydrogen-bond acceptors (Lipinski definition) is 4. The van der Waals surface area contributed by atoms with Crippen LogP contribution in [0.3, 0.4) is 0 Å². The topological polar surface area (TPSA) is 39.6 Å². The van der Waals surface area contributed by atoms with Crippen molar-refractivity contribution in [2.45, 2.75) is 26.1 Å². The van der Waals surface area contributed by atoms with Crippen molar-refractivity contribution in [1.82, 2.24) is 14.8 Å². The number of aliphatic hydroxyl groups is 1. The number of nitrogens with zero attached hydrogens (tertiary/aromatic N) is 3. The Morgan fingerprint density at radius 1 is 0.957 bits per heavy atom. The van der Waals surface area contributed by atoms with Gasteiger partial charge in [-0.1, -0.05) is 36.4 Å². The lowest BCUT2D eigenvalue weighted by atomic mass is 10.2. The zero-order valence-electron chi connectivity index (χ0n) is 13.7. The van der Waals surface area contributed by atoms with Crippen molar-refractivity contribution < 1.29 is 5.11 Å². The molecule has 1 aromatic heterocycles. The van der Waals surface area contributed by atoms with E-state index >= 15 is 0 Å². The minimum atomic E-state index is -0.314. The van der Waals surface area contributed by atoms with Gasteiger partial charge in [0.05, 0.1) is 11.8 Å². The van der Waals surface area contributed by atoms with Crippen LogP contribution in [0.2, 0.25) is 0 Å². The van der Waals surface area contributed by atoms with Crippen LogP contribution in [0.5, 0.6) is 0 Å². The summed E-state index contributed by atoms with van der Waals surface area (Å²) in [5.41, 5.74) is 3.42. The molecule has 1 aromatic carbocycles. The van der Waals surface area contributed by atoms with Crippen LogP contribution in [-0.2, 0) is 13.1 Å². The summed E-state index contributed by atoms with van der Waals surface area (Å²) in [5, 5.41) is 10.3. The molecule has 1 fully saturated rings. The maximum absolute atomic E-state index is 10.3. The van der Waals surface area contributed by atoms with Gasteiger partial charge in [0.25, 0.3) is 0 Å². The average molecular weight is 311 g/mol. The van der Waals surface area contributed by atoms with Gasteiger partial charge >= 0.3 is 0 Å². The molecule has 2 heterocycles. The van der Waals surface area contributed by atoms with Crippen molar-refractivity contribution in [2.24, 2.45) is 0 Å². The highest BCUT2D eigenvalue weighted by Gasteiger charge is 2.21. The molecule has 1 N–H and O–H groups in total. The van der Waals surface area contributed by atoms with Crippen molar-refractivity contribution in [2.75, 3.05) is 26.2 Å². The molecule has 0 amide bonds. The smallest absolute Gasteiger partial charge is 0.0794 e. The van der Waals surface area contributed by atoms with Crippen LogP contribution in [0.15, 0.2) is 48.5 Å². The van der Waals surface area contributed by atoms with Crippen molar-refractivity contribution in [3.8, 4) is 0 Å². The molecule has 4 nitrogen and oxygen atoms in total. The summed E-state index contributed by atoms with van der Waals surface area (Å²) < 4.78 is 0. The Hall–Kier alpha value is -1.75. The fourth-order valence-corrected chi connectivity index (χ4v) is 3.16. The van der Waals surface area contributed by atoms with Gasteiger partial charge in [-0.15, -0.1) is 0 Å². The van der Waals surface area contributed by atoms with Crippen LogP contribution in [0.4, 0.5) is 0 Å². The first kappa shape index (κ1) is 16.1. The van der Waals surface area contributed by atoms with Gasteiger partial charge in [-0.2, -0.15) is 0 Å². The van der Waals surface area contributed by atoms with Crippen molar-refractivity contribution in [3.05, 3.63) is 65.5 Å². The van der Waals surface area contributed by atoms with Crippen LogP contribution in [0.25, 0.3) is 0 Å². The fraction of sp³-hybridized carbons (Fsp3) is 0.421. The van der Waals surface area contributed by atoms with Gasteiger partial charge in [0.15, 0.2) is 0 Å². The highest BCUT2D eigenvalue weighted by molar-refractivity contribution is 5.14. The second-order valence-electron chi connectivity index (χ2n) is 6.38. The van der Waals surface area contributed by atoms with Crippen molar-refractivity contribution in [3.63, 3.8) is 0 Å².